The third-order valence-electron chi connectivity index (χ3n) is 10.4. The Labute approximate surface area is 317 Å². The van der Waals surface area contributed by atoms with Crippen LogP contribution in [0.25, 0.3) is 0 Å². The van der Waals surface area contributed by atoms with Gasteiger partial charge in [0, 0.05) is 49.2 Å². The van der Waals surface area contributed by atoms with Crippen LogP contribution in [0.15, 0.2) is 0 Å². The van der Waals surface area contributed by atoms with Crippen molar-refractivity contribution in [2.75, 3.05) is 39.6 Å². The van der Waals surface area contributed by atoms with Crippen molar-refractivity contribution >= 4 is 0 Å². The lowest BCUT2D eigenvalue weighted by Crippen LogP contribution is -2.55. The van der Waals surface area contributed by atoms with Gasteiger partial charge < -0.3 is 79.7 Å². The van der Waals surface area contributed by atoms with E-state index in [0.29, 0.717) is 38.5 Å². The molecular weight excluding hydrogens is 698 g/mol. The number of hydrogen-bond acceptors (Lipinski definition) is 16. The molecule has 0 aromatic heterocycles. The topological polar surface area (TPSA) is 249 Å². The van der Waals surface area contributed by atoms with Crippen LogP contribution in [-0.4, -0.2) is 171 Å². The summed E-state index contributed by atoms with van der Waals surface area (Å²) >= 11 is 0. The number of nitrogens with one attached hydrogen (secondary N) is 1. The molecule has 3 rings (SSSR count). The molecule has 0 aromatic carbocycles. The van der Waals surface area contributed by atoms with Crippen LogP contribution in [0.1, 0.15) is 95.4 Å². The maximum absolute atomic E-state index is 10.4. The standard InChI is InChI=1S/C34H65NO15.3CH4/c1-18(2)35-34(9-6-12-45-31-19(3)25(39)28(42)22(15-36)48-31,10-7-13-46-32-20(4)26(40)29(43)23(16-37)49-32)11-8-14-47-33-21(5)27(41)30(44)24(17-38)50-33;;;/h18-33,35-44H,6-17H2,1-5H3;3*1H4/t19?,20?,21?,22?,23?,24?,25-,26-,27-,28+,29+,30+,31-,32-,33-,34?;;;/m1.../s1. The summed E-state index contributed by atoms with van der Waals surface area (Å²) in [6, 6.07) is 0.105. The molecule has 6 unspecified atom stereocenters. The highest BCUT2D eigenvalue weighted by Crippen LogP contribution is 2.32. The maximum Gasteiger partial charge on any atom is 0.163 e. The van der Waals surface area contributed by atoms with Gasteiger partial charge in [0.15, 0.2) is 18.9 Å². The Bertz CT molecular complexity index is 839. The van der Waals surface area contributed by atoms with E-state index in [4.69, 9.17) is 28.4 Å². The summed E-state index contributed by atoms with van der Waals surface area (Å²) in [6.07, 6.45) is -8.38. The minimum absolute atomic E-state index is 0. The van der Waals surface area contributed by atoms with Crippen molar-refractivity contribution in [2.24, 2.45) is 17.8 Å². The van der Waals surface area contributed by atoms with Gasteiger partial charge in [-0.3, -0.25) is 0 Å². The summed E-state index contributed by atoms with van der Waals surface area (Å²) < 4.78 is 35.2. The summed E-state index contributed by atoms with van der Waals surface area (Å²) in [4.78, 5) is 0. The van der Waals surface area contributed by atoms with Gasteiger partial charge in [-0.15, -0.1) is 0 Å². The molecule has 0 saturated carbocycles. The molecule has 0 aliphatic carbocycles. The third kappa shape index (κ3) is 14.1. The number of rotatable bonds is 20. The molecule has 16 nitrogen and oxygen atoms in total. The van der Waals surface area contributed by atoms with E-state index in [0.717, 1.165) is 0 Å². The fraction of sp³-hybridized carbons (Fsp3) is 1.00. The van der Waals surface area contributed by atoms with E-state index >= 15 is 0 Å². The van der Waals surface area contributed by atoms with Gasteiger partial charge in [0.05, 0.1) is 38.1 Å². The van der Waals surface area contributed by atoms with Crippen LogP contribution in [0, 0.1) is 17.8 Å². The molecule has 15 atom stereocenters. The first-order valence-corrected chi connectivity index (χ1v) is 18.2. The van der Waals surface area contributed by atoms with E-state index in [1.165, 1.54) is 0 Å². The first kappa shape index (κ1) is 52.4. The summed E-state index contributed by atoms with van der Waals surface area (Å²) in [7, 11) is 0. The van der Waals surface area contributed by atoms with Gasteiger partial charge in [0.1, 0.15) is 36.6 Å². The fourth-order valence-electron chi connectivity index (χ4n) is 7.27. The molecule has 3 heterocycles. The number of ether oxygens (including phenoxy) is 6. The Morgan fingerprint density at radius 1 is 0.509 bits per heavy atom. The molecular formula is C37H77NO15. The maximum atomic E-state index is 10.4. The Morgan fingerprint density at radius 2 is 0.774 bits per heavy atom. The van der Waals surface area contributed by atoms with Crippen molar-refractivity contribution < 1.29 is 74.4 Å². The molecule has 3 fully saturated rings. The zero-order valence-corrected chi connectivity index (χ0v) is 30.2. The number of hydrogen-bond donors (Lipinski definition) is 10. The highest BCUT2D eigenvalue weighted by molar-refractivity contribution is 4.92. The smallest absolute Gasteiger partial charge is 0.163 e. The second kappa shape index (κ2) is 24.9. The first-order valence-electron chi connectivity index (χ1n) is 18.2. The molecule has 320 valence electrons. The minimum atomic E-state index is -1.21. The Hall–Kier alpha value is -0.640. The molecule has 0 bridgehead atoms. The van der Waals surface area contributed by atoms with E-state index in [9.17, 15) is 46.0 Å². The molecule has 0 spiro atoms. The zero-order chi connectivity index (χ0) is 37.2. The van der Waals surface area contributed by atoms with Crippen molar-refractivity contribution in [3.63, 3.8) is 0 Å². The lowest BCUT2D eigenvalue weighted by molar-refractivity contribution is -0.283. The van der Waals surface area contributed by atoms with Crippen molar-refractivity contribution in [3.8, 4) is 0 Å². The van der Waals surface area contributed by atoms with Crippen LogP contribution in [0.5, 0.6) is 0 Å². The van der Waals surface area contributed by atoms with Crippen molar-refractivity contribution in [1.29, 1.82) is 0 Å². The van der Waals surface area contributed by atoms with E-state index in [-0.39, 0.29) is 48.1 Å². The first-order chi connectivity index (χ1) is 23.7. The van der Waals surface area contributed by atoms with Gasteiger partial charge in [-0.2, -0.15) is 0 Å². The van der Waals surface area contributed by atoms with E-state index < -0.39 is 117 Å². The average molecular weight is 776 g/mol. The Kier molecular flexibility index (Phi) is 24.6. The SMILES string of the molecule is C.C.C.CC(C)NC(CCCO[C@@H]1OC(CO)[C@H](O)[C@H](O)C1C)(CCCO[C@@H]1OC(CO)[C@H](O)[C@H](O)C1C)CCCO[C@@H]1OC(CO)[C@H](O)[C@H](O)C1C. The molecule has 3 saturated heterocycles. The monoisotopic (exact) mass is 776 g/mol. The summed E-state index contributed by atoms with van der Waals surface area (Å²) in [5, 5.41) is 94.3. The highest BCUT2D eigenvalue weighted by Gasteiger charge is 2.45. The van der Waals surface area contributed by atoms with Crippen LogP contribution in [0.4, 0.5) is 0 Å². The molecule has 10 N–H and O–H groups in total. The summed E-state index contributed by atoms with van der Waals surface area (Å²) in [6.45, 7) is 8.77. The van der Waals surface area contributed by atoms with E-state index in [1.54, 1.807) is 20.8 Å². The van der Waals surface area contributed by atoms with E-state index in [1.807, 2.05) is 0 Å². The minimum Gasteiger partial charge on any atom is -0.394 e. The van der Waals surface area contributed by atoms with Crippen LogP contribution in [0.2, 0.25) is 0 Å². The largest absolute Gasteiger partial charge is 0.394 e. The van der Waals surface area contributed by atoms with Crippen LogP contribution >= 0.6 is 0 Å². The molecule has 0 aromatic rings. The fourth-order valence-corrected chi connectivity index (χ4v) is 7.27. The van der Waals surface area contributed by atoms with Gasteiger partial charge in [-0.1, -0.05) is 56.9 Å². The van der Waals surface area contributed by atoms with Crippen LogP contribution < -0.4 is 5.32 Å². The summed E-state index contributed by atoms with van der Waals surface area (Å²) in [5.41, 5.74) is -0.419. The Morgan fingerprint density at radius 3 is 1.00 bits per heavy atom. The second-order valence-electron chi connectivity index (χ2n) is 14.7. The van der Waals surface area contributed by atoms with Crippen LogP contribution in [0.3, 0.4) is 0 Å². The highest BCUT2D eigenvalue weighted by atomic mass is 16.7. The average Bonchev–Trinajstić information content (AvgIpc) is 3.09. The van der Waals surface area contributed by atoms with Crippen molar-refractivity contribution in [1.82, 2.24) is 5.32 Å². The number of aliphatic hydroxyl groups excluding tert-OH is 9. The van der Waals surface area contributed by atoms with Crippen molar-refractivity contribution in [2.45, 2.75) is 181 Å². The molecule has 3 aliphatic heterocycles. The Balaban J connectivity index is 0.00000901. The second-order valence-corrected chi connectivity index (χ2v) is 14.7. The van der Waals surface area contributed by atoms with Gasteiger partial charge in [0.2, 0.25) is 0 Å². The molecule has 0 radical (unpaired) electrons. The molecule has 53 heavy (non-hydrogen) atoms. The van der Waals surface area contributed by atoms with Crippen molar-refractivity contribution in [3.05, 3.63) is 0 Å². The number of aliphatic hydroxyl groups is 9. The van der Waals surface area contributed by atoms with Gasteiger partial charge in [-0.05, 0) is 38.5 Å². The zero-order valence-electron chi connectivity index (χ0n) is 30.2. The normalized spacial score (nSPS) is 38.7. The lowest BCUT2D eigenvalue weighted by atomic mass is 9.83. The third-order valence-corrected chi connectivity index (χ3v) is 10.4. The quantitative estimate of drug-likeness (QED) is 0.0745. The molecule has 0 amide bonds. The predicted molar refractivity (Wildman–Crippen MR) is 198 cm³/mol. The summed E-state index contributed by atoms with van der Waals surface area (Å²) in [5.74, 6) is -1.53. The van der Waals surface area contributed by atoms with Gasteiger partial charge in [-0.25, -0.2) is 0 Å². The molecule has 3 aliphatic rings. The van der Waals surface area contributed by atoms with Gasteiger partial charge >= 0.3 is 0 Å². The lowest BCUT2D eigenvalue weighted by Gasteiger charge is -2.42. The van der Waals surface area contributed by atoms with E-state index in [2.05, 4.69) is 19.2 Å². The predicted octanol–water partition coefficient (Wildman–Crippen LogP) is 0.247. The van der Waals surface area contributed by atoms with Crippen LogP contribution in [-0.2, 0) is 28.4 Å². The molecule has 16 heteroatoms. The van der Waals surface area contributed by atoms with Gasteiger partial charge in [0.25, 0.3) is 0 Å².